The first kappa shape index (κ1) is 22.2. The van der Waals surface area contributed by atoms with Gasteiger partial charge >= 0.3 is 6.18 Å². The van der Waals surface area contributed by atoms with Gasteiger partial charge in [0.2, 0.25) is 0 Å². The van der Waals surface area contributed by atoms with Crippen molar-refractivity contribution in [2.75, 3.05) is 5.32 Å². The highest BCUT2D eigenvalue weighted by atomic mass is 19.4. The second kappa shape index (κ2) is 7.86. The summed E-state index contributed by atoms with van der Waals surface area (Å²) in [5, 5.41) is 13.6. The lowest BCUT2D eigenvalue weighted by Crippen LogP contribution is -2.15. The lowest BCUT2D eigenvalue weighted by molar-refractivity contribution is -0.135. The van der Waals surface area contributed by atoms with E-state index in [1.165, 1.54) is 12.1 Å². The second-order valence-corrected chi connectivity index (χ2v) is 8.52. The molecule has 184 valence electrons. The molecule has 1 aliphatic carbocycles. The van der Waals surface area contributed by atoms with E-state index in [1.807, 2.05) is 0 Å². The number of anilines is 2. The third-order valence-corrected chi connectivity index (χ3v) is 6.28. The number of nitrogens with one attached hydrogen (secondary N) is 4. The summed E-state index contributed by atoms with van der Waals surface area (Å²) in [5.41, 5.74) is -1.21. The van der Waals surface area contributed by atoms with Crippen molar-refractivity contribution in [1.29, 1.82) is 0 Å². The largest absolute Gasteiger partial charge is 0.417 e. The first-order valence-electron chi connectivity index (χ1n) is 11.0. The van der Waals surface area contributed by atoms with Gasteiger partial charge in [-0.1, -0.05) is 0 Å². The summed E-state index contributed by atoms with van der Waals surface area (Å²) in [6.45, 7) is 0. The molecule has 0 unspecified atom stereocenters. The van der Waals surface area contributed by atoms with Gasteiger partial charge < -0.3 is 5.32 Å². The smallest absolute Gasteiger partial charge is 0.323 e. The maximum Gasteiger partial charge on any atom is 0.417 e. The molecule has 5 aromatic rings. The SMILES string of the molecule is O=c1[nH][nH]c2ccc(-c3nc4c(c(Nc5n[nH]c6c(F)cc(F)cc56)n3)CCCC4)c(C(F)(F)F)c12. The van der Waals surface area contributed by atoms with Gasteiger partial charge in [0, 0.05) is 22.9 Å². The number of hydrogen-bond donors (Lipinski definition) is 4. The van der Waals surface area contributed by atoms with Crippen molar-refractivity contribution < 1.29 is 22.0 Å². The van der Waals surface area contributed by atoms with Crippen LogP contribution in [0.25, 0.3) is 33.2 Å². The van der Waals surface area contributed by atoms with Crippen molar-refractivity contribution >= 4 is 33.4 Å². The number of nitrogens with zero attached hydrogens (tertiary/aromatic N) is 3. The topological polar surface area (TPSA) is 115 Å². The monoisotopic (exact) mass is 501 g/mol. The van der Waals surface area contributed by atoms with E-state index in [-0.39, 0.29) is 39.4 Å². The maximum absolute atomic E-state index is 14.2. The fraction of sp³-hybridized carbons (Fsp3) is 0.217. The quantitative estimate of drug-likeness (QED) is 0.257. The van der Waals surface area contributed by atoms with Crippen LogP contribution in [0.4, 0.5) is 33.6 Å². The van der Waals surface area contributed by atoms with Crippen LogP contribution in [0.2, 0.25) is 0 Å². The number of rotatable bonds is 3. The van der Waals surface area contributed by atoms with E-state index >= 15 is 0 Å². The van der Waals surface area contributed by atoms with Crippen LogP contribution in [0.5, 0.6) is 0 Å². The number of benzene rings is 2. The molecule has 0 spiro atoms. The number of hydrogen-bond acceptors (Lipinski definition) is 5. The highest BCUT2D eigenvalue weighted by Crippen LogP contribution is 2.41. The molecule has 4 N–H and O–H groups in total. The first-order chi connectivity index (χ1) is 17.2. The fourth-order valence-corrected chi connectivity index (χ4v) is 4.68. The number of halogens is 5. The Labute approximate surface area is 198 Å². The summed E-state index contributed by atoms with van der Waals surface area (Å²) >= 11 is 0. The van der Waals surface area contributed by atoms with E-state index in [4.69, 9.17) is 0 Å². The van der Waals surface area contributed by atoms with E-state index < -0.39 is 34.3 Å². The van der Waals surface area contributed by atoms with Crippen molar-refractivity contribution in [3.8, 4) is 11.4 Å². The molecule has 36 heavy (non-hydrogen) atoms. The zero-order chi connectivity index (χ0) is 25.2. The predicted molar refractivity (Wildman–Crippen MR) is 121 cm³/mol. The minimum absolute atomic E-state index is 0.000528. The molecule has 0 aliphatic heterocycles. The van der Waals surface area contributed by atoms with Gasteiger partial charge in [-0.3, -0.25) is 20.1 Å². The Morgan fingerprint density at radius 3 is 2.58 bits per heavy atom. The Balaban J connectivity index is 1.56. The van der Waals surface area contributed by atoms with Crippen LogP contribution in [-0.2, 0) is 19.0 Å². The zero-order valence-corrected chi connectivity index (χ0v) is 18.3. The summed E-state index contributed by atoms with van der Waals surface area (Å²) in [6.07, 6.45) is -2.20. The minimum Gasteiger partial charge on any atom is -0.323 e. The van der Waals surface area contributed by atoms with Crippen molar-refractivity contribution in [3.05, 3.63) is 63.1 Å². The minimum atomic E-state index is -4.87. The van der Waals surface area contributed by atoms with E-state index in [1.54, 1.807) is 0 Å². The van der Waals surface area contributed by atoms with Gasteiger partial charge in [-0.15, -0.1) is 0 Å². The summed E-state index contributed by atoms with van der Waals surface area (Å²) < 4.78 is 70.6. The van der Waals surface area contributed by atoms with Crippen LogP contribution >= 0.6 is 0 Å². The summed E-state index contributed by atoms with van der Waals surface area (Å²) in [6, 6.07) is 4.36. The van der Waals surface area contributed by atoms with E-state index in [0.29, 0.717) is 30.2 Å². The van der Waals surface area contributed by atoms with E-state index in [0.717, 1.165) is 18.9 Å². The number of H-pyrrole nitrogens is 3. The average Bonchev–Trinajstić information content (AvgIpc) is 3.41. The van der Waals surface area contributed by atoms with Crippen molar-refractivity contribution in [1.82, 2.24) is 30.4 Å². The number of aromatic amines is 3. The third-order valence-electron chi connectivity index (χ3n) is 6.28. The fourth-order valence-electron chi connectivity index (χ4n) is 4.68. The van der Waals surface area contributed by atoms with Crippen LogP contribution in [0, 0.1) is 11.6 Å². The first-order valence-corrected chi connectivity index (χ1v) is 11.0. The molecule has 3 heterocycles. The highest BCUT2D eigenvalue weighted by Gasteiger charge is 2.38. The lowest BCUT2D eigenvalue weighted by atomic mass is 9.95. The lowest BCUT2D eigenvalue weighted by Gasteiger charge is -2.20. The molecule has 0 fully saturated rings. The Bertz CT molecular complexity index is 1720. The molecule has 13 heteroatoms. The molecule has 0 saturated carbocycles. The van der Waals surface area contributed by atoms with Gasteiger partial charge in [0.05, 0.1) is 21.9 Å². The Morgan fingerprint density at radius 1 is 0.972 bits per heavy atom. The van der Waals surface area contributed by atoms with Gasteiger partial charge in [-0.2, -0.15) is 18.3 Å². The van der Waals surface area contributed by atoms with E-state index in [9.17, 15) is 26.7 Å². The Morgan fingerprint density at radius 2 is 1.78 bits per heavy atom. The molecule has 2 aromatic carbocycles. The highest BCUT2D eigenvalue weighted by molar-refractivity contribution is 5.92. The summed E-state index contributed by atoms with van der Waals surface area (Å²) in [5.74, 6) is -1.63. The maximum atomic E-state index is 14.2. The molecular formula is C23H16F5N7O. The molecule has 0 bridgehead atoms. The van der Waals surface area contributed by atoms with Gasteiger partial charge in [-0.25, -0.2) is 18.7 Å². The molecule has 0 amide bonds. The van der Waals surface area contributed by atoms with Crippen LogP contribution in [0.15, 0.2) is 29.1 Å². The molecule has 0 radical (unpaired) electrons. The number of alkyl halides is 3. The molecule has 6 rings (SSSR count). The van der Waals surface area contributed by atoms with Crippen LogP contribution in [0.1, 0.15) is 29.7 Å². The van der Waals surface area contributed by atoms with Gasteiger partial charge in [0.1, 0.15) is 17.2 Å². The summed E-state index contributed by atoms with van der Waals surface area (Å²) in [4.78, 5) is 21.0. The average molecular weight is 501 g/mol. The number of fused-ring (bicyclic) bond motifs is 3. The molecule has 1 aliphatic rings. The standard InChI is InChI=1S/C23H16F5N7O/c24-9-7-12-18(13(25)8-9)33-34-21(12)31-19-10-3-1-2-4-14(10)29-20(30-19)11-5-6-15-16(22(36)35-32-15)17(11)23(26,27)28/h5-8H,1-4H2,(H2,32,35,36)(H2,29,30,31,33,34). The molecule has 3 aromatic heterocycles. The Kier molecular flexibility index (Phi) is 4.85. The number of aromatic nitrogens is 6. The van der Waals surface area contributed by atoms with E-state index in [2.05, 4.69) is 35.7 Å². The van der Waals surface area contributed by atoms with Gasteiger partial charge in [-0.05, 0) is 43.9 Å². The van der Waals surface area contributed by atoms with Crippen LogP contribution in [0.3, 0.4) is 0 Å². The van der Waals surface area contributed by atoms with Gasteiger partial charge in [0.15, 0.2) is 17.5 Å². The number of aryl methyl sites for hydroxylation is 1. The zero-order valence-electron chi connectivity index (χ0n) is 18.3. The van der Waals surface area contributed by atoms with Crippen LogP contribution in [-0.4, -0.2) is 30.4 Å². The van der Waals surface area contributed by atoms with Crippen molar-refractivity contribution in [2.24, 2.45) is 0 Å². The molecular weight excluding hydrogens is 485 g/mol. The Hall–Kier alpha value is -4.29. The van der Waals surface area contributed by atoms with Crippen LogP contribution < -0.4 is 10.9 Å². The molecule has 8 nitrogen and oxygen atoms in total. The summed E-state index contributed by atoms with van der Waals surface area (Å²) in [7, 11) is 0. The molecule has 0 atom stereocenters. The second-order valence-electron chi connectivity index (χ2n) is 8.52. The third kappa shape index (κ3) is 3.49. The predicted octanol–water partition coefficient (Wildman–Crippen LogP) is 5.11. The van der Waals surface area contributed by atoms with Gasteiger partial charge in [0.25, 0.3) is 5.56 Å². The van der Waals surface area contributed by atoms with Crippen molar-refractivity contribution in [3.63, 3.8) is 0 Å². The normalized spacial score (nSPS) is 13.9. The molecule has 0 saturated heterocycles. The van der Waals surface area contributed by atoms with Crippen molar-refractivity contribution in [2.45, 2.75) is 31.9 Å².